The molecule has 0 amide bonds. The molecule has 0 fully saturated rings. The van der Waals surface area contributed by atoms with Gasteiger partial charge in [-0.05, 0) is 23.3 Å². The van der Waals surface area contributed by atoms with Crippen molar-refractivity contribution >= 4 is 12.4 Å². The van der Waals surface area contributed by atoms with Crippen molar-refractivity contribution in [2.24, 2.45) is 5.73 Å². The summed E-state index contributed by atoms with van der Waals surface area (Å²) in [6, 6.07) is 14.9. The number of nitrogens with two attached hydrogens (primary N) is 1. The third kappa shape index (κ3) is 5.26. The van der Waals surface area contributed by atoms with Crippen molar-refractivity contribution in [3.8, 4) is 5.75 Å². The van der Waals surface area contributed by atoms with E-state index in [0.29, 0.717) is 12.0 Å². The van der Waals surface area contributed by atoms with Gasteiger partial charge >= 0.3 is 6.61 Å². The second kappa shape index (κ2) is 8.68. The topological polar surface area (TPSA) is 55.5 Å². The lowest BCUT2D eigenvalue weighted by atomic mass is 9.97. The molecule has 0 saturated carbocycles. The summed E-state index contributed by atoms with van der Waals surface area (Å²) >= 11 is 0. The predicted octanol–water partition coefficient (Wildman–Crippen LogP) is 3.31. The van der Waals surface area contributed by atoms with Crippen LogP contribution in [0.5, 0.6) is 5.75 Å². The maximum Gasteiger partial charge on any atom is 0.387 e. The van der Waals surface area contributed by atoms with Crippen LogP contribution >= 0.6 is 12.4 Å². The molecule has 0 aliphatic rings. The second-order valence-electron chi connectivity index (χ2n) is 4.73. The molecule has 22 heavy (non-hydrogen) atoms. The van der Waals surface area contributed by atoms with Crippen LogP contribution in [0, 0.1) is 0 Å². The molecular weight excluding hydrogens is 312 g/mol. The molecule has 0 heterocycles. The zero-order valence-corrected chi connectivity index (χ0v) is 12.5. The van der Waals surface area contributed by atoms with Gasteiger partial charge in [0.15, 0.2) is 0 Å². The van der Waals surface area contributed by atoms with Crippen molar-refractivity contribution in [2.45, 2.75) is 25.2 Å². The Labute approximate surface area is 134 Å². The summed E-state index contributed by atoms with van der Waals surface area (Å²) in [6.45, 7) is -2.88. The van der Waals surface area contributed by atoms with E-state index in [-0.39, 0.29) is 18.2 Å². The molecule has 0 bridgehead atoms. The quantitative estimate of drug-likeness (QED) is 0.855. The normalized spacial score (nSPS) is 13.3. The maximum absolute atomic E-state index is 12.2. The highest BCUT2D eigenvalue weighted by Crippen LogP contribution is 2.23. The van der Waals surface area contributed by atoms with Crippen LogP contribution in [0.3, 0.4) is 0 Å². The molecule has 6 heteroatoms. The Hall–Kier alpha value is -1.69. The van der Waals surface area contributed by atoms with Gasteiger partial charge in [-0.15, -0.1) is 12.4 Å². The van der Waals surface area contributed by atoms with Crippen molar-refractivity contribution in [3.05, 3.63) is 65.7 Å². The number of benzene rings is 2. The van der Waals surface area contributed by atoms with Crippen molar-refractivity contribution in [1.82, 2.24) is 0 Å². The van der Waals surface area contributed by atoms with Crippen molar-refractivity contribution in [2.75, 3.05) is 0 Å². The highest BCUT2D eigenvalue weighted by molar-refractivity contribution is 5.85. The monoisotopic (exact) mass is 329 g/mol. The first-order valence-electron chi connectivity index (χ1n) is 6.58. The van der Waals surface area contributed by atoms with Crippen LogP contribution in [0.1, 0.15) is 17.2 Å². The van der Waals surface area contributed by atoms with Gasteiger partial charge in [-0.2, -0.15) is 8.78 Å². The number of hydrogen-bond acceptors (Lipinski definition) is 3. The van der Waals surface area contributed by atoms with Crippen LogP contribution in [-0.4, -0.2) is 17.8 Å². The van der Waals surface area contributed by atoms with E-state index in [0.717, 1.165) is 5.56 Å². The van der Waals surface area contributed by atoms with Gasteiger partial charge in [0.2, 0.25) is 0 Å². The molecule has 0 aromatic heterocycles. The molecule has 0 aliphatic carbocycles. The fraction of sp³-hybridized carbons (Fsp3) is 0.250. The van der Waals surface area contributed by atoms with E-state index in [4.69, 9.17) is 5.73 Å². The van der Waals surface area contributed by atoms with Crippen molar-refractivity contribution in [3.63, 3.8) is 0 Å². The summed E-state index contributed by atoms with van der Waals surface area (Å²) in [6.07, 6.45) is -0.420. The number of alkyl halides is 2. The Morgan fingerprint density at radius 1 is 1.05 bits per heavy atom. The van der Waals surface area contributed by atoms with Gasteiger partial charge in [0.1, 0.15) is 5.75 Å². The number of halogens is 3. The minimum absolute atomic E-state index is 0. The number of rotatable bonds is 6. The average Bonchev–Trinajstić information content (AvgIpc) is 2.47. The molecule has 3 N–H and O–H groups in total. The summed E-state index contributed by atoms with van der Waals surface area (Å²) in [5, 5.41) is 10.2. The summed E-state index contributed by atoms with van der Waals surface area (Å²) < 4.78 is 28.7. The summed E-state index contributed by atoms with van der Waals surface area (Å²) in [7, 11) is 0. The number of aliphatic hydroxyl groups is 1. The van der Waals surface area contributed by atoms with Gasteiger partial charge in [0, 0.05) is 6.42 Å². The molecule has 2 rings (SSSR count). The van der Waals surface area contributed by atoms with Crippen LogP contribution in [0.4, 0.5) is 8.78 Å². The van der Waals surface area contributed by atoms with Gasteiger partial charge in [0.25, 0.3) is 0 Å². The minimum atomic E-state index is -2.88. The molecule has 0 aliphatic heterocycles. The molecule has 2 atom stereocenters. The lowest BCUT2D eigenvalue weighted by Gasteiger charge is -2.20. The molecule has 0 unspecified atom stereocenters. The summed E-state index contributed by atoms with van der Waals surface area (Å²) in [5.74, 6) is 0.0323. The van der Waals surface area contributed by atoms with E-state index >= 15 is 0 Å². The first-order chi connectivity index (χ1) is 10.1. The molecule has 2 aromatic carbocycles. The Balaban J connectivity index is 0.00000242. The number of aliphatic hydroxyl groups excluding tert-OH is 1. The highest BCUT2D eigenvalue weighted by atomic mass is 35.5. The SMILES string of the molecule is Cl.N[C@H](c1cccc(OC(F)F)c1)[C@@H](O)Cc1ccccc1. The van der Waals surface area contributed by atoms with Gasteiger partial charge < -0.3 is 15.6 Å². The Kier molecular flexibility index (Phi) is 7.24. The molecule has 0 spiro atoms. The average molecular weight is 330 g/mol. The maximum atomic E-state index is 12.2. The standard InChI is InChI=1S/C16H17F2NO2.ClH/c17-16(18)21-13-8-4-7-12(10-13)15(19)14(20)9-11-5-2-1-3-6-11;/h1-8,10,14-16,20H,9,19H2;1H/t14-,15+;/m0./s1. The Morgan fingerprint density at radius 3 is 2.36 bits per heavy atom. The zero-order chi connectivity index (χ0) is 15.2. The van der Waals surface area contributed by atoms with Gasteiger partial charge in [-0.3, -0.25) is 0 Å². The fourth-order valence-electron chi connectivity index (χ4n) is 2.10. The molecule has 0 radical (unpaired) electrons. The predicted molar refractivity (Wildman–Crippen MR) is 83.4 cm³/mol. The van der Waals surface area contributed by atoms with Gasteiger partial charge in [-0.25, -0.2) is 0 Å². The highest BCUT2D eigenvalue weighted by Gasteiger charge is 2.18. The number of hydrogen-bond donors (Lipinski definition) is 2. The van der Waals surface area contributed by atoms with Crippen LogP contribution in [0.2, 0.25) is 0 Å². The van der Waals surface area contributed by atoms with E-state index in [1.807, 2.05) is 30.3 Å². The minimum Gasteiger partial charge on any atom is -0.435 e. The molecule has 3 nitrogen and oxygen atoms in total. The fourth-order valence-corrected chi connectivity index (χ4v) is 2.10. The molecule has 2 aromatic rings. The summed E-state index contributed by atoms with van der Waals surface area (Å²) in [4.78, 5) is 0. The van der Waals surface area contributed by atoms with E-state index in [1.165, 1.54) is 12.1 Å². The largest absolute Gasteiger partial charge is 0.435 e. The third-order valence-electron chi connectivity index (χ3n) is 3.17. The first-order valence-corrected chi connectivity index (χ1v) is 6.58. The lowest BCUT2D eigenvalue weighted by Crippen LogP contribution is -2.28. The van der Waals surface area contributed by atoms with Crippen LogP contribution in [0.15, 0.2) is 54.6 Å². The van der Waals surface area contributed by atoms with Gasteiger partial charge in [0.05, 0.1) is 12.1 Å². The van der Waals surface area contributed by atoms with E-state index < -0.39 is 18.8 Å². The first kappa shape index (κ1) is 18.4. The van der Waals surface area contributed by atoms with Crippen molar-refractivity contribution in [1.29, 1.82) is 0 Å². The zero-order valence-electron chi connectivity index (χ0n) is 11.7. The van der Waals surface area contributed by atoms with E-state index in [9.17, 15) is 13.9 Å². The third-order valence-corrected chi connectivity index (χ3v) is 3.17. The molecule has 120 valence electrons. The molecule has 0 saturated heterocycles. The molecular formula is C16H18ClF2NO2. The second-order valence-corrected chi connectivity index (χ2v) is 4.73. The van der Waals surface area contributed by atoms with E-state index in [2.05, 4.69) is 4.74 Å². The van der Waals surface area contributed by atoms with Crippen molar-refractivity contribution < 1.29 is 18.6 Å². The van der Waals surface area contributed by atoms with E-state index in [1.54, 1.807) is 12.1 Å². The van der Waals surface area contributed by atoms with Crippen LogP contribution in [0.25, 0.3) is 0 Å². The number of ether oxygens (including phenoxy) is 1. The Bertz CT molecular complexity index is 569. The smallest absolute Gasteiger partial charge is 0.387 e. The van der Waals surface area contributed by atoms with Crippen LogP contribution in [-0.2, 0) is 6.42 Å². The summed E-state index contributed by atoms with van der Waals surface area (Å²) in [5.41, 5.74) is 7.50. The van der Waals surface area contributed by atoms with Crippen LogP contribution < -0.4 is 10.5 Å². The van der Waals surface area contributed by atoms with Gasteiger partial charge in [-0.1, -0.05) is 42.5 Å². The lowest BCUT2D eigenvalue weighted by molar-refractivity contribution is -0.0499. The Morgan fingerprint density at radius 2 is 1.73 bits per heavy atom.